The predicted molar refractivity (Wildman–Crippen MR) is 87.8 cm³/mol. The lowest BCUT2D eigenvalue weighted by molar-refractivity contribution is 1.02. The highest BCUT2D eigenvalue weighted by molar-refractivity contribution is 9.10. The van der Waals surface area contributed by atoms with Crippen molar-refractivity contribution in [1.29, 1.82) is 0 Å². The second-order valence-electron chi connectivity index (χ2n) is 4.66. The van der Waals surface area contributed by atoms with Crippen LogP contribution in [0.3, 0.4) is 0 Å². The van der Waals surface area contributed by atoms with E-state index in [4.69, 9.17) is 0 Å². The summed E-state index contributed by atoms with van der Waals surface area (Å²) < 4.78 is 1.08. The molecule has 0 amide bonds. The molecule has 106 valence electrons. The van der Waals surface area contributed by atoms with Gasteiger partial charge >= 0.3 is 0 Å². The maximum atomic E-state index is 4.50. The van der Waals surface area contributed by atoms with Crippen LogP contribution >= 0.6 is 15.9 Å². The van der Waals surface area contributed by atoms with E-state index in [1.807, 2.05) is 32.0 Å². The summed E-state index contributed by atoms with van der Waals surface area (Å²) in [5.41, 5.74) is 3.23. The van der Waals surface area contributed by atoms with Crippen LogP contribution in [0.15, 0.2) is 22.7 Å². The Kier molecular flexibility index (Phi) is 4.60. The van der Waals surface area contributed by atoms with Crippen molar-refractivity contribution in [2.24, 2.45) is 0 Å². The highest BCUT2D eigenvalue weighted by atomic mass is 79.9. The predicted octanol–water partition coefficient (Wildman–Crippen LogP) is 4.34. The molecule has 0 unspecified atom stereocenters. The molecular weight excluding hydrogens is 316 g/mol. The first-order chi connectivity index (χ1) is 9.52. The van der Waals surface area contributed by atoms with Gasteiger partial charge < -0.3 is 10.6 Å². The molecule has 0 bridgehead atoms. The summed E-state index contributed by atoms with van der Waals surface area (Å²) in [7, 11) is 0. The third-order valence-corrected chi connectivity index (χ3v) is 3.98. The van der Waals surface area contributed by atoms with Gasteiger partial charge in [0.2, 0.25) is 0 Å². The summed E-state index contributed by atoms with van der Waals surface area (Å²) in [6.07, 6.45) is 0. The van der Waals surface area contributed by atoms with Gasteiger partial charge in [0.15, 0.2) is 0 Å². The summed E-state index contributed by atoms with van der Waals surface area (Å²) in [5, 5.41) is 6.67. The van der Waals surface area contributed by atoms with Crippen molar-refractivity contribution in [3.8, 4) is 0 Å². The fourth-order valence-electron chi connectivity index (χ4n) is 1.96. The normalized spacial score (nSPS) is 10.4. The van der Waals surface area contributed by atoms with Crippen LogP contribution < -0.4 is 10.6 Å². The van der Waals surface area contributed by atoms with Crippen LogP contribution in [-0.4, -0.2) is 16.5 Å². The van der Waals surface area contributed by atoms with E-state index in [0.717, 1.165) is 45.3 Å². The number of hydrogen-bond acceptors (Lipinski definition) is 4. The Morgan fingerprint density at radius 1 is 1.05 bits per heavy atom. The average Bonchev–Trinajstić information content (AvgIpc) is 2.40. The Morgan fingerprint density at radius 2 is 1.75 bits per heavy atom. The standard InChI is InChI=1S/C15H19BrN4/c1-5-17-14-10(3)15(19-11(4)18-14)20-13-8-6-7-12(16)9(13)2/h6-8H,5H2,1-4H3,(H2,17,18,19,20). The van der Waals surface area contributed by atoms with Crippen molar-refractivity contribution in [3.63, 3.8) is 0 Å². The van der Waals surface area contributed by atoms with Gasteiger partial charge in [-0.05, 0) is 45.4 Å². The number of anilines is 3. The van der Waals surface area contributed by atoms with Crippen LogP contribution in [-0.2, 0) is 0 Å². The van der Waals surface area contributed by atoms with Crippen molar-refractivity contribution in [2.45, 2.75) is 27.7 Å². The van der Waals surface area contributed by atoms with Crippen LogP contribution in [0.5, 0.6) is 0 Å². The van der Waals surface area contributed by atoms with Gasteiger partial charge in [-0.15, -0.1) is 0 Å². The average molecular weight is 335 g/mol. The molecule has 2 rings (SSSR count). The lowest BCUT2D eigenvalue weighted by Crippen LogP contribution is -2.08. The van der Waals surface area contributed by atoms with E-state index < -0.39 is 0 Å². The molecule has 0 fully saturated rings. The minimum atomic E-state index is 0.752. The van der Waals surface area contributed by atoms with E-state index in [9.17, 15) is 0 Å². The van der Waals surface area contributed by atoms with E-state index in [1.165, 1.54) is 0 Å². The Balaban J connectivity index is 2.40. The molecule has 2 N–H and O–H groups in total. The number of nitrogens with zero attached hydrogens (tertiary/aromatic N) is 2. The molecule has 20 heavy (non-hydrogen) atoms. The zero-order chi connectivity index (χ0) is 14.7. The number of halogens is 1. The molecule has 4 nitrogen and oxygen atoms in total. The second-order valence-corrected chi connectivity index (χ2v) is 5.52. The second kappa shape index (κ2) is 6.22. The molecule has 0 aliphatic rings. The van der Waals surface area contributed by atoms with Crippen LogP contribution in [0.2, 0.25) is 0 Å². The van der Waals surface area contributed by atoms with Gasteiger partial charge in [-0.3, -0.25) is 0 Å². The fraction of sp³-hybridized carbons (Fsp3) is 0.333. The molecule has 0 radical (unpaired) electrons. The summed E-state index contributed by atoms with van der Waals surface area (Å²) >= 11 is 3.55. The van der Waals surface area contributed by atoms with Crippen LogP contribution in [0.1, 0.15) is 23.9 Å². The number of aromatic nitrogens is 2. The van der Waals surface area contributed by atoms with E-state index in [0.29, 0.717) is 0 Å². The van der Waals surface area contributed by atoms with Crippen molar-refractivity contribution in [3.05, 3.63) is 39.6 Å². The largest absolute Gasteiger partial charge is 0.370 e. The van der Waals surface area contributed by atoms with Gasteiger partial charge in [0, 0.05) is 22.3 Å². The zero-order valence-electron chi connectivity index (χ0n) is 12.2. The zero-order valence-corrected chi connectivity index (χ0v) is 13.8. The quantitative estimate of drug-likeness (QED) is 0.873. The number of nitrogens with one attached hydrogen (secondary N) is 2. The maximum Gasteiger partial charge on any atom is 0.139 e. The summed E-state index contributed by atoms with van der Waals surface area (Å²) in [5.74, 6) is 2.48. The van der Waals surface area contributed by atoms with Gasteiger partial charge in [0.05, 0.1) is 0 Å². The van der Waals surface area contributed by atoms with Crippen molar-refractivity contribution < 1.29 is 0 Å². The first kappa shape index (κ1) is 14.8. The van der Waals surface area contributed by atoms with Gasteiger partial charge in [-0.25, -0.2) is 9.97 Å². The first-order valence-electron chi connectivity index (χ1n) is 6.64. The van der Waals surface area contributed by atoms with Crippen molar-refractivity contribution >= 4 is 33.3 Å². The van der Waals surface area contributed by atoms with Crippen LogP contribution in [0, 0.1) is 20.8 Å². The van der Waals surface area contributed by atoms with E-state index >= 15 is 0 Å². The molecule has 1 aromatic heterocycles. The van der Waals surface area contributed by atoms with Gasteiger partial charge in [-0.1, -0.05) is 22.0 Å². The highest BCUT2D eigenvalue weighted by Crippen LogP contribution is 2.28. The number of aryl methyl sites for hydroxylation is 1. The van der Waals surface area contributed by atoms with Crippen molar-refractivity contribution in [1.82, 2.24) is 9.97 Å². The van der Waals surface area contributed by atoms with Gasteiger partial charge in [-0.2, -0.15) is 0 Å². The van der Waals surface area contributed by atoms with Crippen LogP contribution in [0.25, 0.3) is 0 Å². The van der Waals surface area contributed by atoms with Crippen molar-refractivity contribution in [2.75, 3.05) is 17.2 Å². The molecule has 0 atom stereocenters. The highest BCUT2D eigenvalue weighted by Gasteiger charge is 2.10. The molecule has 0 spiro atoms. The third kappa shape index (κ3) is 3.10. The SMILES string of the molecule is CCNc1nc(C)nc(Nc2cccc(Br)c2C)c1C. The van der Waals surface area contributed by atoms with E-state index in [2.05, 4.69) is 50.4 Å². The summed E-state index contributed by atoms with van der Waals surface area (Å²) in [4.78, 5) is 8.94. The lowest BCUT2D eigenvalue weighted by Gasteiger charge is -2.15. The molecule has 0 saturated carbocycles. The number of hydrogen-bond donors (Lipinski definition) is 2. The molecule has 2 aromatic rings. The summed E-state index contributed by atoms with van der Waals surface area (Å²) in [6.45, 7) is 8.89. The Labute approximate surface area is 128 Å². The molecule has 0 aliphatic heterocycles. The first-order valence-corrected chi connectivity index (χ1v) is 7.43. The summed E-state index contributed by atoms with van der Waals surface area (Å²) in [6, 6.07) is 6.08. The minimum absolute atomic E-state index is 0.752. The molecule has 5 heteroatoms. The number of rotatable bonds is 4. The third-order valence-electron chi connectivity index (χ3n) is 3.12. The monoisotopic (exact) mass is 334 g/mol. The molecule has 1 heterocycles. The Morgan fingerprint density at radius 3 is 2.45 bits per heavy atom. The number of benzene rings is 1. The van der Waals surface area contributed by atoms with Gasteiger partial charge in [0.1, 0.15) is 17.5 Å². The molecular formula is C15H19BrN4. The van der Waals surface area contributed by atoms with E-state index in [1.54, 1.807) is 0 Å². The Hall–Kier alpha value is -1.62. The molecule has 1 aromatic carbocycles. The van der Waals surface area contributed by atoms with Crippen LogP contribution in [0.4, 0.5) is 17.3 Å². The van der Waals surface area contributed by atoms with Gasteiger partial charge in [0.25, 0.3) is 0 Å². The lowest BCUT2D eigenvalue weighted by atomic mass is 10.2. The smallest absolute Gasteiger partial charge is 0.139 e. The molecule has 0 saturated heterocycles. The Bertz CT molecular complexity index is 626. The molecule has 0 aliphatic carbocycles. The fourth-order valence-corrected chi connectivity index (χ4v) is 2.33. The minimum Gasteiger partial charge on any atom is -0.370 e. The topological polar surface area (TPSA) is 49.8 Å². The maximum absolute atomic E-state index is 4.50. The van der Waals surface area contributed by atoms with E-state index in [-0.39, 0.29) is 0 Å².